The first-order valence-electron chi connectivity index (χ1n) is 15.9. The number of nitrogens with one attached hydrogen (secondary N) is 3. The van der Waals surface area contributed by atoms with Crippen molar-refractivity contribution in [1.29, 1.82) is 5.26 Å². The molecule has 1 amide bonds. The number of piperidine rings is 1. The summed E-state index contributed by atoms with van der Waals surface area (Å²) >= 11 is 0. The number of halogens is 2. The predicted molar refractivity (Wildman–Crippen MR) is 180 cm³/mol. The highest BCUT2D eigenvalue weighted by atomic mass is 19.1. The maximum absolute atomic E-state index is 14.5. The first-order valence-corrected chi connectivity index (χ1v) is 15.9. The lowest BCUT2D eigenvalue weighted by atomic mass is 9.91. The molecule has 3 aromatic rings. The Bertz CT molecular complexity index is 1860. The number of carbonyl (C=O) groups is 1. The average molecular weight is 651 g/mol. The van der Waals surface area contributed by atoms with Gasteiger partial charge in [0.2, 0.25) is 5.88 Å². The van der Waals surface area contributed by atoms with Crippen molar-refractivity contribution in [2.45, 2.75) is 38.7 Å². The van der Waals surface area contributed by atoms with E-state index < -0.39 is 11.6 Å². The Balaban J connectivity index is 0.963. The van der Waals surface area contributed by atoms with Crippen LogP contribution in [0.4, 0.5) is 20.2 Å². The van der Waals surface area contributed by atoms with Gasteiger partial charge in [0.15, 0.2) is 0 Å². The van der Waals surface area contributed by atoms with Crippen LogP contribution in [-0.4, -0.2) is 54.4 Å². The molecule has 0 saturated carbocycles. The number of aliphatic imine (C=N–C) groups is 1. The third kappa shape index (κ3) is 7.42. The summed E-state index contributed by atoms with van der Waals surface area (Å²) in [5, 5.41) is 19.3. The molecule has 0 spiro atoms. The van der Waals surface area contributed by atoms with Crippen molar-refractivity contribution >= 4 is 29.7 Å². The minimum Gasteiger partial charge on any atom is -0.473 e. The van der Waals surface area contributed by atoms with Crippen molar-refractivity contribution in [3.8, 4) is 11.9 Å². The van der Waals surface area contributed by atoms with E-state index >= 15 is 0 Å². The fourth-order valence-electron chi connectivity index (χ4n) is 6.18. The van der Waals surface area contributed by atoms with E-state index in [1.54, 1.807) is 30.3 Å². The maximum Gasteiger partial charge on any atom is 0.255 e. The first kappa shape index (κ1) is 32.5. The molecule has 3 N–H and O–H groups in total. The molecular formula is C36H36F2N8O2. The van der Waals surface area contributed by atoms with Crippen LogP contribution >= 0.6 is 0 Å². The van der Waals surface area contributed by atoms with Crippen LogP contribution in [0.2, 0.25) is 0 Å². The quantitative estimate of drug-likeness (QED) is 0.215. The number of nitrogens with zero attached hydrogens (tertiary/aromatic N) is 5. The molecule has 10 nitrogen and oxygen atoms in total. The van der Waals surface area contributed by atoms with Gasteiger partial charge in [0.1, 0.15) is 18.3 Å². The van der Waals surface area contributed by atoms with Gasteiger partial charge in [0.05, 0.1) is 28.7 Å². The van der Waals surface area contributed by atoms with Crippen LogP contribution in [0.3, 0.4) is 0 Å². The Labute approximate surface area is 277 Å². The molecule has 2 aliphatic heterocycles. The van der Waals surface area contributed by atoms with Crippen molar-refractivity contribution in [1.82, 2.24) is 20.6 Å². The number of ether oxygens (including phenoxy) is 1. The van der Waals surface area contributed by atoms with Crippen LogP contribution < -0.4 is 20.8 Å². The van der Waals surface area contributed by atoms with Crippen LogP contribution in [0.5, 0.6) is 5.88 Å². The lowest BCUT2D eigenvalue weighted by Crippen LogP contribution is -2.36. The largest absolute Gasteiger partial charge is 0.473 e. The summed E-state index contributed by atoms with van der Waals surface area (Å²) in [6.07, 6.45) is 3.69. The molecular weight excluding hydrogens is 614 g/mol. The number of benzene rings is 2. The number of allylic oxidation sites excluding steroid dienone is 4. The molecule has 3 heterocycles. The number of rotatable bonds is 11. The van der Waals surface area contributed by atoms with Gasteiger partial charge in [-0.15, -0.1) is 0 Å². The second kappa shape index (κ2) is 14.6. The summed E-state index contributed by atoms with van der Waals surface area (Å²) < 4.78 is 34.5. The zero-order chi connectivity index (χ0) is 33.6. The summed E-state index contributed by atoms with van der Waals surface area (Å²) in [7, 11) is 0. The van der Waals surface area contributed by atoms with Crippen molar-refractivity contribution < 1.29 is 18.3 Å². The number of amides is 1. The topological polar surface area (TPSA) is 127 Å². The molecule has 6 rings (SSSR count). The summed E-state index contributed by atoms with van der Waals surface area (Å²) in [5.74, 6) is -0.697. The molecule has 1 fully saturated rings. The summed E-state index contributed by atoms with van der Waals surface area (Å²) in [5.41, 5.74) is 7.78. The highest BCUT2D eigenvalue weighted by molar-refractivity contribution is 5.97. The molecule has 1 aliphatic carbocycles. The van der Waals surface area contributed by atoms with Gasteiger partial charge in [0, 0.05) is 65.6 Å². The SMILES string of the molecule is C=Nc1cc(C(=O)NC2=CC(F)=C3NN=C(C)C3C2)ccc1NCCN1CCC(c2cccc(OCc3ccc(C#N)cc3F)n2)CC1. The number of anilines is 1. The summed E-state index contributed by atoms with van der Waals surface area (Å²) in [6, 6.07) is 17.1. The number of hydrogen-bond donors (Lipinski definition) is 3. The minimum absolute atomic E-state index is 0.0325. The third-order valence-corrected chi connectivity index (χ3v) is 8.94. The molecule has 1 unspecified atom stereocenters. The zero-order valence-electron chi connectivity index (χ0n) is 26.6. The standard InChI is InChI=1S/C36H36F2N8O2/c1-22-28-18-27(19-30(38)35(28)45-44-22)42-36(47)25-8-9-32(33(17-25)40-2)41-12-15-46-13-10-24(11-14-46)31-4-3-5-34(43-31)48-21-26-7-6-23(20-39)16-29(26)37/h3-9,16-17,19,24,28,41,45H,2,10-15,18,21H2,1H3,(H,42,47). The lowest BCUT2D eigenvalue weighted by molar-refractivity contribution is 0.0964. The van der Waals surface area contributed by atoms with Gasteiger partial charge in [-0.1, -0.05) is 12.1 Å². The van der Waals surface area contributed by atoms with Crippen molar-refractivity contribution in [3.05, 3.63) is 106 Å². The van der Waals surface area contributed by atoms with Gasteiger partial charge in [-0.25, -0.2) is 13.8 Å². The molecule has 48 heavy (non-hydrogen) atoms. The molecule has 1 aromatic heterocycles. The van der Waals surface area contributed by atoms with E-state index in [-0.39, 0.29) is 24.0 Å². The monoisotopic (exact) mass is 650 g/mol. The van der Waals surface area contributed by atoms with Crippen LogP contribution in [0.15, 0.2) is 88.0 Å². The number of pyridine rings is 1. The highest BCUT2D eigenvalue weighted by Crippen LogP contribution is 2.33. The van der Waals surface area contributed by atoms with Gasteiger partial charge in [-0.2, -0.15) is 10.4 Å². The maximum atomic E-state index is 14.5. The van der Waals surface area contributed by atoms with E-state index in [1.165, 1.54) is 12.1 Å². The normalized spacial score (nSPS) is 17.8. The number of likely N-dealkylation sites (tertiary alicyclic amines) is 1. The Morgan fingerprint density at radius 2 is 2.02 bits per heavy atom. The third-order valence-electron chi connectivity index (χ3n) is 8.94. The molecule has 246 valence electrons. The average Bonchev–Trinajstić information content (AvgIpc) is 3.48. The van der Waals surface area contributed by atoms with E-state index in [0.717, 1.165) is 49.6 Å². The minimum atomic E-state index is -0.472. The van der Waals surface area contributed by atoms with Crippen LogP contribution in [-0.2, 0) is 6.61 Å². The van der Waals surface area contributed by atoms with Crippen molar-refractivity contribution in [3.63, 3.8) is 0 Å². The zero-order valence-corrected chi connectivity index (χ0v) is 26.6. The van der Waals surface area contributed by atoms with Crippen LogP contribution in [0.25, 0.3) is 0 Å². The van der Waals surface area contributed by atoms with Gasteiger partial charge < -0.3 is 20.3 Å². The molecule has 1 atom stereocenters. The molecule has 2 aromatic carbocycles. The molecule has 1 saturated heterocycles. The first-order chi connectivity index (χ1) is 23.3. The lowest BCUT2D eigenvalue weighted by Gasteiger charge is -2.31. The molecule has 0 bridgehead atoms. The molecule has 12 heteroatoms. The number of fused-ring (bicyclic) bond motifs is 1. The van der Waals surface area contributed by atoms with E-state index in [0.29, 0.717) is 53.0 Å². The fraction of sp³-hybridized carbons (Fsp3) is 0.306. The van der Waals surface area contributed by atoms with Crippen molar-refractivity contribution in [2.24, 2.45) is 16.0 Å². The number of hydrazone groups is 1. The van der Waals surface area contributed by atoms with Crippen molar-refractivity contribution in [2.75, 3.05) is 31.5 Å². The van der Waals surface area contributed by atoms with Crippen LogP contribution in [0.1, 0.15) is 59.3 Å². The Morgan fingerprint density at radius 3 is 2.79 bits per heavy atom. The van der Waals surface area contributed by atoms with Gasteiger partial charge in [-0.3, -0.25) is 15.2 Å². The Hall–Kier alpha value is -5.41. The Morgan fingerprint density at radius 1 is 1.19 bits per heavy atom. The molecule has 0 radical (unpaired) electrons. The second-order valence-electron chi connectivity index (χ2n) is 12.0. The predicted octanol–water partition coefficient (Wildman–Crippen LogP) is 6.09. The Kier molecular flexibility index (Phi) is 9.87. The van der Waals surface area contributed by atoms with E-state index in [9.17, 15) is 13.6 Å². The number of carbonyl (C=O) groups excluding carboxylic acids is 1. The van der Waals surface area contributed by atoms with Gasteiger partial charge in [-0.05, 0) is 82.0 Å². The van der Waals surface area contributed by atoms with E-state index in [1.807, 2.05) is 31.2 Å². The van der Waals surface area contributed by atoms with Crippen LogP contribution in [0, 0.1) is 23.1 Å². The van der Waals surface area contributed by atoms with Gasteiger partial charge in [0.25, 0.3) is 5.91 Å². The van der Waals surface area contributed by atoms with E-state index in [4.69, 9.17) is 15.0 Å². The second-order valence-corrected chi connectivity index (χ2v) is 12.0. The fourth-order valence-corrected chi connectivity index (χ4v) is 6.18. The smallest absolute Gasteiger partial charge is 0.255 e. The summed E-state index contributed by atoms with van der Waals surface area (Å²) in [4.78, 5) is 24.2. The molecule has 3 aliphatic rings. The van der Waals surface area contributed by atoms with Gasteiger partial charge >= 0.3 is 0 Å². The number of hydrogen-bond acceptors (Lipinski definition) is 9. The number of nitriles is 1. The summed E-state index contributed by atoms with van der Waals surface area (Å²) in [6.45, 7) is 8.88. The van der Waals surface area contributed by atoms with E-state index in [2.05, 4.69) is 37.8 Å². The number of aromatic nitrogens is 1. The highest BCUT2D eigenvalue weighted by Gasteiger charge is 2.31.